The van der Waals surface area contributed by atoms with Gasteiger partial charge in [0.15, 0.2) is 0 Å². The lowest BCUT2D eigenvalue weighted by molar-refractivity contribution is 0.143. The number of nitrogens with one attached hydrogen (secondary N) is 1. The minimum absolute atomic E-state index is 0.0879. The Bertz CT molecular complexity index is 1210. The van der Waals surface area contributed by atoms with E-state index in [-0.39, 0.29) is 12.0 Å². The zero-order valence-corrected chi connectivity index (χ0v) is 17.9. The number of carbonyl (C=O) groups is 1. The van der Waals surface area contributed by atoms with Crippen LogP contribution in [-0.4, -0.2) is 19.2 Å². The molecule has 4 heteroatoms. The summed E-state index contributed by atoms with van der Waals surface area (Å²) in [5.74, 6) is 0.0879. The lowest BCUT2D eigenvalue weighted by Gasteiger charge is -2.14. The summed E-state index contributed by atoms with van der Waals surface area (Å²) in [4.78, 5) is 12.2. The van der Waals surface area contributed by atoms with Crippen molar-refractivity contribution < 1.29 is 9.53 Å². The molecular weight excluding hydrogens is 402 g/mol. The monoisotopic (exact) mass is 425 g/mol. The van der Waals surface area contributed by atoms with Crippen LogP contribution in [0.3, 0.4) is 0 Å². The molecule has 0 saturated carbocycles. The Morgan fingerprint density at radius 3 is 2.39 bits per heavy atom. The van der Waals surface area contributed by atoms with E-state index < -0.39 is 0 Å². The standard InChI is InChI=1S/C27H23NO2S/c29-27(28-16-8-7-9-19-18-31-26-15-6-5-10-20(19)26)30-17-25-23-13-3-1-11-21(23)22-12-2-4-14-24(22)25/h1-7,9-15,18,25H,8,16-17H2,(H,28,29). The van der Waals surface area contributed by atoms with Gasteiger partial charge >= 0.3 is 6.09 Å². The molecule has 1 heterocycles. The van der Waals surface area contributed by atoms with Crippen molar-refractivity contribution in [2.24, 2.45) is 0 Å². The maximum Gasteiger partial charge on any atom is 0.407 e. The molecule has 1 amide bonds. The second kappa shape index (κ2) is 8.78. The number of thiophene rings is 1. The molecule has 3 nitrogen and oxygen atoms in total. The van der Waals surface area contributed by atoms with Gasteiger partial charge in [0.2, 0.25) is 0 Å². The molecule has 1 aliphatic carbocycles. The summed E-state index contributed by atoms with van der Waals surface area (Å²) in [6, 6.07) is 25.1. The lowest BCUT2D eigenvalue weighted by Crippen LogP contribution is -2.26. The Morgan fingerprint density at radius 2 is 1.61 bits per heavy atom. The van der Waals surface area contributed by atoms with Crippen LogP contribution in [0.5, 0.6) is 0 Å². The number of amides is 1. The molecule has 0 radical (unpaired) electrons. The quantitative estimate of drug-likeness (QED) is 0.343. The molecule has 1 aromatic heterocycles. The third-order valence-electron chi connectivity index (χ3n) is 5.73. The molecule has 0 spiro atoms. The predicted molar refractivity (Wildman–Crippen MR) is 129 cm³/mol. The molecule has 5 rings (SSSR count). The third-order valence-corrected chi connectivity index (χ3v) is 6.71. The fourth-order valence-electron chi connectivity index (χ4n) is 4.24. The molecule has 31 heavy (non-hydrogen) atoms. The van der Waals surface area contributed by atoms with Crippen molar-refractivity contribution in [3.05, 3.63) is 101 Å². The van der Waals surface area contributed by atoms with Gasteiger partial charge in [-0.05, 0) is 51.1 Å². The predicted octanol–water partition coefficient (Wildman–Crippen LogP) is 6.84. The van der Waals surface area contributed by atoms with Crippen molar-refractivity contribution in [3.8, 4) is 11.1 Å². The molecule has 0 unspecified atom stereocenters. The third kappa shape index (κ3) is 3.99. The van der Waals surface area contributed by atoms with E-state index >= 15 is 0 Å². The van der Waals surface area contributed by atoms with Crippen molar-refractivity contribution >= 4 is 33.6 Å². The maximum atomic E-state index is 12.2. The largest absolute Gasteiger partial charge is 0.449 e. The molecule has 4 aromatic rings. The van der Waals surface area contributed by atoms with Gasteiger partial charge < -0.3 is 10.1 Å². The van der Waals surface area contributed by atoms with Crippen LogP contribution in [0.1, 0.15) is 29.0 Å². The number of benzene rings is 3. The fraction of sp³-hybridized carbons (Fsp3) is 0.148. The van der Waals surface area contributed by atoms with Gasteiger partial charge in [-0.25, -0.2) is 4.79 Å². The Balaban J connectivity index is 1.13. The minimum Gasteiger partial charge on any atom is -0.449 e. The normalized spacial score (nSPS) is 12.8. The van der Waals surface area contributed by atoms with E-state index in [0.717, 1.165) is 6.42 Å². The van der Waals surface area contributed by atoms with Crippen LogP contribution in [-0.2, 0) is 4.74 Å². The van der Waals surface area contributed by atoms with Gasteiger partial charge in [-0.3, -0.25) is 0 Å². The van der Waals surface area contributed by atoms with E-state index in [2.05, 4.69) is 83.5 Å². The van der Waals surface area contributed by atoms with Gasteiger partial charge in [0.05, 0.1) is 0 Å². The van der Waals surface area contributed by atoms with Crippen LogP contribution in [0.25, 0.3) is 27.3 Å². The van der Waals surface area contributed by atoms with E-state index in [0.29, 0.717) is 13.2 Å². The molecular formula is C27H23NO2S. The van der Waals surface area contributed by atoms with Crippen molar-refractivity contribution in [1.29, 1.82) is 0 Å². The Kier molecular flexibility index (Phi) is 5.55. The van der Waals surface area contributed by atoms with Gasteiger partial charge in [-0.2, -0.15) is 0 Å². The summed E-state index contributed by atoms with van der Waals surface area (Å²) in [5, 5.41) is 6.30. The Hall–Kier alpha value is -3.37. The number of hydrogen-bond donors (Lipinski definition) is 1. The van der Waals surface area contributed by atoms with Gasteiger partial charge in [0, 0.05) is 17.2 Å². The molecule has 1 N–H and O–H groups in total. The zero-order chi connectivity index (χ0) is 21.0. The van der Waals surface area contributed by atoms with Gasteiger partial charge in [-0.15, -0.1) is 11.3 Å². The fourth-order valence-corrected chi connectivity index (χ4v) is 5.17. The van der Waals surface area contributed by atoms with Crippen molar-refractivity contribution in [3.63, 3.8) is 0 Å². The lowest BCUT2D eigenvalue weighted by atomic mass is 9.98. The van der Waals surface area contributed by atoms with Crippen LogP contribution in [0.15, 0.2) is 84.3 Å². The van der Waals surface area contributed by atoms with Crippen molar-refractivity contribution in [1.82, 2.24) is 5.32 Å². The number of ether oxygens (including phenoxy) is 1. The Morgan fingerprint density at radius 1 is 0.935 bits per heavy atom. The summed E-state index contributed by atoms with van der Waals surface area (Å²) in [7, 11) is 0. The number of carbonyl (C=O) groups excluding carboxylic acids is 1. The highest BCUT2D eigenvalue weighted by Gasteiger charge is 2.28. The highest BCUT2D eigenvalue weighted by atomic mass is 32.1. The highest BCUT2D eigenvalue weighted by molar-refractivity contribution is 7.17. The summed E-state index contributed by atoms with van der Waals surface area (Å²) >= 11 is 1.75. The average molecular weight is 426 g/mol. The van der Waals surface area contributed by atoms with E-state index in [9.17, 15) is 4.79 Å². The highest BCUT2D eigenvalue weighted by Crippen LogP contribution is 2.44. The zero-order valence-electron chi connectivity index (χ0n) is 17.1. The number of hydrogen-bond acceptors (Lipinski definition) is 3. The molecule has 0 fully saturated rings. The molecule has 154 valence electrons. The van der Waals surface area contributed by atoms with Crippen LogP contribution in [0.2, 0.25) is 0 Å². The number of rotatable bonds is 6. The maximum absolute atomic E-state index is 12.2. The molecule has 3 aromatic carbocycles. The second-order valence-corrected chi connectivity index (χ2v) is 8.54. The van der Waals surface area contributed by atoms with Crippen LogP contribution in [0, 0.1) is 0 Å². The number of fused-ring (bicyclic) bond motifs is 4. The minimum atomic E-state index is -0.365. The molecule has 0 bridgehead atoms. The molecule has 1 aliphatic rings. The number of alkyl carbamates (subject to hydrolysis) is 1. The van der Waals surface area contributed by atoms with Gasteiger partial charge in [0.1, 0.15) is 6.61 Å². The van der Waals surface area contributed by atoms with Crippen molar-refractivity contribution in [2.45, 2.75) is 12.3 Å². The second-order valence-electron chi connectivity index (χ2n) is 7.63. The van der Waals surface area contributed by atoms with Crippen LogP contribution in [0.4, 0.5) is 4.79 Å². The first-order valence-corrected chi connectivity index (χ1v) is 11.4. The molecule has 0 saturated heterocycles. The summed E-state index contributed by atoms with van der Waals surface area (Å²) in [5.41, 5.74) is 6.14. The first-order chi connectivity index (χ1) is 15.3. The topological polar surface area (TPSA) is 38.3 Å². The SMILES string of the molecule is O=C(NCCC=Cc1csc2ccccc12)OCC1c2ccccc2-c2ccccc21. The summed E-state index contributed by atoms with van der Waals surface area (Å²) < 4.78 is 6.87. The van der Waals surface area contributed by atoms with E-state index in [1.807, 2.05) is 12.1 Å². The van der Waals surface area contributed by atoms with Crippen molar-refractivity contribution in [2.75, 3.05) is 13.2 Å². The van der Waals surface area contributed by atoms with E-state index in [4.69, 9.17) is 4.74 Å². The van der Waals surface area contributed by atoms with Crippen LogP contribution < -0.4 is 5.32 Å². The van der Waals surface area contributed by atoms with E-state index in [1.54, 1.807) is 11.3 Å². The van der Waals surface area contributed by atoms with Gasteiger partial charge in [-0.1, -0.05) is 78.9 Å². The van der Waals surface area contributed by atoms with Gasteiger partial charge in [0.25, 0.3) is 0 Å². The molecule has 0 aliphatic heterocycles. The first kappa shape index (κ1) is 19.6. The van der Waals surface area contributed by atoms with Crippen LogP contribution >= 0.6 is 11.3 Å². The Labute approximate surface area is 186 Å². The summed E-state index contributed by atoms with van der Waals surface area (Å²) in [6.45, 7) is 0.895. The smallest absolute Gasteiger partial charge is 0.407 e. The first-order valence-electron chi connectivity index (χ1n) is 10.5. The van der Waals surface area contributed by atoms with E-state index in [1.165, 1.54) is 37.9 Å². The molecule has 0 atom stereocenters. The summed E-state index contributed by atoms with van der Waals surface area (Å²) in [6.07, 6.45) is 4.61. The average Bonchev–Trinajstić information content (AvgIpc) is 3.37.